The van der Waals surface area contributed by atoms with Crippen molar-refractivity contribution in [2.45, 2.75) is 70.5 Å². The molecule has 3 saturated heterocycles. The molecule has 1 unspecified atom stereocenters. The van der Waals surface area contributed by atoms with Gasteiger partial charge in [-0.1, -0.05) is 25.0 Å². The van der Waals surface area contributed by atoms with E-state index in [9.17, 15) is 14.4 Å². The quantitative estimate of drug-likeness (QED) is 0.648. The molecule has 1 aromatic carbocycles. The van der Waals surface area contributed by atoms with E-state index in [1.807, 2.05) is 12.1 Å². The van der Waals surface area contributed by atoms with Crippen LogP contribution in [0.3, 0.4) is 0 Å². The predicted octanol–water partition coefficient (Wildman–Crippen LogP) is 2.44. The van der Waals surface area contributed by atoms with Gasteiger partial charge in [0.15, 0.2) is 0 Å². The summed E-state index contributed by atoms with van der Waals surface area (Å²) in [5.74, 6) is 1.09. The first kappa shape index (κ1) is 22.5. The Labute approximate surface area is 196 Å². The van der Waals surface area contributed by atoms with E-state index in [1.165, 1.54) is 57.2 Å². The molecular weight excluding hydrogens is 416 g/mol. The highest BCUT2D eigenvalue weighted by Crippen LogP contribution is 2.32. The number of amides is 3. The molecule has 3 fully saturated rings. The summed E-state index contributed by atoms with van der Waals surface area (Å²) in [6.07, 6.45) is 8.66. The second-order valence-electron chi connectivity index (χ2n) is 10.3. The summed E-state index contributed by atoms with van der Waals surface area (Å²) < 4.78 is 0. The Morgan fingerprint density at radius 2 is 1.64 bits per heavy atom. The summed E-state index contributed by atoms with van der Waals surface area (Å²) in [5, 5.41) is 5.85. The highest BCUT2D eigenvalue weighted by atomic mass is 16.2. The van der Waals surface area contributed by atoms with Crippen molar-refractivity contribution < 1.29 is 14.4 Å². The predicted molar refractivity (Wildman–Crippen MR) is 125 cm³/mol. The molecule has 0 spiro atoms. The van der Waals surface area contributed by atoms with Crippen LogP contribution in [0, 0.1) is 11.8 Å². The van der Waals surface area contributed by atoms with Gasteiger partial charge in [0.2, 0.25) is 11.8 Å². The van der Waals surface area contributed by atoms with Crippen molar-refractivity contribution in [3.63, 3.8) is 0 Å². The third-order valence-corrected chi connectivity index (χ3v) is 8.22. The van der Waals surface area contributed by atoms with Crippen LogP contribution in [0.4, 0.5) is 0 Å². The van der Waals surface area contributed by atoms with Gasteiger partial charge in [0.1, 0.15) is 6.04 Å². The van der Waals surface area contributed by atoms with Gasteiger partial charge in [0.05, 0.1) is 0 Å². The Balaban J connectivity index is 1.16. The third-order valence-electron chi connectivity index (χ3n) is 8.22. The minimum absolute atomic E-state index is 0.0852. The maximum absolute atomic E-state index is 13.1. The molecule has 5 rings (SSSR count). The summed E-state index contributed by atoms with van der Waals surface area (Å²) in [7, 11) is 0. The van der Waals surface area contributed by atoms with Gasteiger partial charge in [-0.15, -0.1) is 0 Å². The van der Waals surface area contributed by atoms with Crippen molar-refractivity contribution in [1.29, 1.82) is 0 Å². The molecule has 0 radical (unpaired) electrons. The number of hydrogen-bond acceptors (Lipinski definition) is 5. The fourth-order valence-corrected chi connectivity index (χ4v) is 6.11. The van der Waals surface area contributed by atoms with Crippen LogP contribution < -0.4 is 10.6 Å². The number of carbonyl (C=O) groups is 3. The number of nitrogens with zero attached hydrogens (tertiary/aromatic N) is 2. The van der Waals surface area contributed by atoms with Gasteiger partial charge in [-0.25, -0.2) is 0 Å². The van der Waals surface area contributed by atoms with Crippen molar-refractivity contribution in [3.8, 4) is 0 Å². The smallest absolute Gasteiger partial charge is 0.255 e. The van der Waals surface area contributed by atoms with Crippen LogP contribution in [0.15, 0.2) is 18.2 Å². The van der Waals surface area contributed by atoms with E-state index >= 15 is 0 Å². The molecule has 3 amide bonds. The summed E-state index contributed by atoms with van der Waals surface area (Å²) in [5.41, 5.74) is 2.97. The molecule has 4 heterocycles. The number of likely N-dealkylation sites (tertiary alicyclic amines) is 1. The van der Waals surface area contributed by atoms with Gasteiger partial charge in [-0.3, -0.25) is 24.6 Å². The van der Waals surface area contributed by atoms with Crippen LogP contribution in [-0.2, 0) is 22.7 Å². The summed E-state index contributed by atoms with van der Waals surface area (Å²) in [4.78, 5) is 41.1. The Morgan fingerprint density at radius 1 is 0.909 bits per heavy atom. The molecule has 7 heteroatoms. The van der Waals surface area contributed by atoms with Crippen LogP contribution in [0.1, 0.15) is 72.9 Å². The van der Waals surface area contributed by atoms with Crippen LogP contribution in [0.2, 0.25) is 0 Å². The third kappa shape index (κ3) is 4.99. The van der Waals surface area contributed by atoms with Crippen LogP contribution >= 0.6 is 0 Å². The lowest BCUT2D eigenvalue weighted by atomic mass is 9.85. The molecule has 0 aliphatic carbocycles. The summed E-state index contributed by atoms with van der Waals surface area (Å²) >= 11 is 0. The standard InChI is InChI=1S/C26H36N4O3/c31-24-7-6-23(25(32)28-24)30-17-22-20(2-1-3-21(22)26(30)33)16-29-14-10-19(11-15-29)5-4-18-8-12-27-13-9-18/h1-3,18-19,23,27H,4-17H2,(H,28,31,32). The topological polar surface area (TPSA) is 81.8 Å². The Morgan fingerprint density at radius 3 is 2.36 bits per heavy atom. The van der Waals surface area contributed by atoms with Gasteiger partial charge >= 0.3 is 0 Å². The van der Waals surface area contributed by atoms with Crippen molar-refractivity contribution in [1.82, 2.24) is 20.4 Å². The van der Waals surface area contributed by atoms with E-state index in [2.05, 4.69) is 21.6 Å². The number of imide groups is 1. The van der Waals surface area contributed by atoms with Gasteiger partial charge in [0.25, 0.3) is 5.91 Å². The number of piperidine rings is 3. The monoisotopic (exact) mass is 452 g/mol. The van der Waals surface area contributed by atoms with Crippen molar-refractivity contribution >= 4 is 17.7 Å². The van der Waals surface area contributed by atoms with E-state index in [0.29, 0.717) is 18.5 Å². The van der Waals surface area contributed by atoms with Crippen LogP contribution in [0.5, 0.6) is 0 Å². The van der Waals surface area contributed by atoms with Crippen molar-refractivity contribution in [3.05, 3.63) is 34.9 Å². The molecule has 2 N–H and O–H groups in total. The minimum Gasteiger partial charge on any atom is -0.322 e. The normalized spacial score (nSPS) is 25.4. The largest absolute Gasteiger partial charge is 0.322 e. The number of fused-ring (bicyclic) bond motifs is 1. The van der Waals surface area contributed by atoms with E-state index < -0.39 is 6.04 Å². The molecule has 4 aliphatic heterocycles. The van der Waals surface area contributed by atoms with Crippen molar-refractivity contribution in [2.75, 3.05) is 26.2 Å². The lowest BCUT2D eigenvalue weighted by Gasteiger charge is -2.33. The molecule has 7 nitrogen and oxygen atoms in total. The first-order valence-electron chi connectivity index (χ1n) is 12.8. The van der Waals surface area contributed by atoms with E-state index in [0.717, 1.165) is 37.0 Å². The lowest BCUT2D eigenvalue weighted by molar-refractivity contribution is -0.136. The molecule has 0 bridgehead atoms. The number of rotatable bonds is 6. The minimum atomic E-state index is -0.550. The molecule has 178 valence electrons. The Bertz CT molecular complexity index is 903. The SMILES string of the molecule is O=C1CCC(N2Cc3c(CN4CCC(CCC5CCNCC5)CC4)cccc3C2=O)C(=O)N1. The molecule has 1 atom stereocenters. The van der Waals surface area contributed by atoms with Gasteiger partial charge in [0, 0.05) is 25.1 Å². The zero-order valence-corrected chi connectivity index (χ0v) is 19.5. The zero-order valence-electron chi connectivity index (χ0n) is 19.5. The highest BCUT2D eigenvalue weighted by molar-refractivity contribution is 6.05. The number of carbonyl (C=O) groups excluding carboxylic acids is 3. The Hall–Kier alpha value is -2.25. The second-order valence-corrected chi connectivity index (χ2v) is 10.3. The van der Waals surface area contributed by atoms with Gasteiger partial charge in [-0.05, 0) is 87.3 Å². The molecule has 4 aliphatic rings. The lowest BCUT2D eigenvalue weighted by Crippen LogP contribution is -2.52. The molecule has 1 aromatic rings. The summed E-state index contributed by atoms with van der Waals surface area (Å²) in [6, 6.07) is 5.42. The fraction of sp³-hybridized carbons (Fsp3) is 0.654. The van der Waals surface area contributed by atoms with Gasteiger partial charge in [-0.2, -0.15) is 0 Å². The molecule has 0 saturated carbocycles. The average molecular weight is 453 g/mol. The van der Waals surface area contributed by atoms with E-state index in [4.69, 9.17) is 0 Å². The highest BCUT2D eigenvalue weighted by Gasteiger charge is 2.39. The number of hydrogen-bond donors (Lipinski definition) is 2. The Kier molecular flexibility index (Phi) is 6.79. The van der Waals surface area contributed by atoms with Crippen molar-refractivity contribution in [2.24, 2.45) is 11.8 Å². The van der Waals surface area contributed by atoms with E-state index in [1.54, 1.807) is 4.90 Å². The molecule has 0 aromatic heterocycles. The molecule has 33 heavy (non-hydrogen) atoms. The van der Waals surface area contributed by atoms with Gasteiger partial charge < -0.3 is 10.2 Å². The van der Waals surface area contributed by atoms with E-state index in [-0.39, 0.29) is 24.1 Å². The summed E-state index contributed by atoms with van der Waals surface area (Å²) in [6.45, 7) is 5.93. The zero-order chi connectivity index (χ0) is 22.8. The number of nitrogens with one attached hydrogen (secondary N) is 2. The maximum Gasteiger partial charge on any atom is 0.255 e. The van der Waals surface area contributed by atoms with Crippen LogP contribution in [-0.4, -0.2) is 59.7 Å². The maximum atomic E-state index is 13.1. The fourth-order valence-electron chi connectivity index (χ4n) is 6.11. The first-order valence-corrected chi connectivity index (χ1v) is 12.8. The number of benzene rings is 1. The second kappa shape index (κ2) is 9.94. The first-order chi connectivity index (χ1) is 16.1. The molecular formula is C26H36N4O3. The van der Waals surface area contributed by atoms with Crippen LogP contribution in [0.25, 0.3) is 0 Å². The average Bonchev–Trinajstić information content (AvgIpc) is 3.16.